The zero-order valence-electron chi connectivity index (χ0n) is 51.7. The summed E-state index contributed by atoms with van der Waals surface area (Å²) in [6.07, 6.45) is 82.7. The molecule has 6 heteroatoms. The number of esters is 3. The average molecular weight is 1080 g/mol. The van der Waals surface area contributed by atoms with E-state index in [9.17, 15) is 14.4 Å². The smallest absolute Gasteiger partial charge is 0.306 e. The van der Waals surface area contributed by atoms with Gasteiger partial charge in [0.2, 0.25) is 0 Å². The fourth-order valence-electron chi connectivity index (χ4n) is 10.2. The van der Waals surface area contributed by atoms with Gasteiger partial charge in [-0.05, 0) is 83.5 Å². The van der Waals surface area contributed by atoms with Crippen LogP contribution in [0.4, 0.5) is 0 Å². The minimum Gasteiger partial charge on any atom is -0.462 e. The molecule has 0 N–H and O–H groups in total. The quantitative estimate of drug-likeness (QED) is 0.0261. The lowest BCUT2D eigenvalue weighted by Crippen LogP contribution is -2.30. The number of ether oxygens (including phenoxy) is 3. The second kappa shape index (κ2) is 65.9. The number of allylic oxidation sites excluding steroid dienone is 8. The van der Waals surface area contributed by atoms with E-state index < -0.39 is 6.10 Å². The van der Waals surface area contributed by atoms with Crippen molar-refractivity contribution in [3.8, 4) is 0 Å². The number of hydrogen-bond acceptors (Lipinski definition) is 6. The van der Waals surface area contributed by atoms with Crippen molar-refractivity contribution >= 4 is 17.9 Å². The molecule has 6 nitrogen and oxygen atoms in total. The van der Waals surface area contributed by atoms with Crippen molar-refractivity contribution in [3.63, 3.8) is 0 Å². The van der Waals surface area contributed by atoms with Crippen LogP contribution in [-0.4, -0.2) is 37.2 Å². The number of hydrogen-bond donors (Lipinski definition) is 0. The van der Waals surface area contributed by atoms with Crippen LogP contribution in [0, 0.1) is 0 Å². The van der Waals surface area contributed by atoms with Gasteiger partial charge in [0.15, 0.2) is 6.10 Å². The van der Waals surface area contributed by atoms with Crippen LogP contribution in [0.2, 0.25) is 0 Å². The molecule has 1 unspecified atom stereocenters. The maximum absolute atomic E-state index is 12.9. The van der Waals surface area contributed by atoms with Crippen molar-refractivity contribution in [2.24, 2.45) is 0 Å². The highest BCUT2D eigenvalue weighted by Crippen LogP contribution is 2.17. The van der Waals surface area contributed by atoms with Gasteiger partial charge in [0.25, 0.3) is 0 Å². The number of unbranched alkanes of at least 4 members (excludes halogenated alkanes) is 44. The van der Waals surface area contributed by atoms with Crippen LogP contribution in [0.3, 0.4) is 0 Å². The van der Waals surface area contributed by atoms with E-state index in [1.54, 1.807) is 0 Å². The summed E-state index contributed by atoms with van der Waals surface area (Å²) < 4.78 is 17.0. The molecule has 0 saturated carbocycles. The maximum Gasteiger partial charge on any atom is 0.306 e. The molecular weight excluding hydrogens is 949 g/mol. The fourth-order valence-corrected chi connectivity index (χ4v) is 10.2. The second-order valence-electron chi connectivity index (χ2n) is 23.1. The molecule has 0 amide bonds. The molecule has 1 atom stereocenters. The molecule has 0 heterocycles. The molecule has 0 aliphatic rings. The largest absolute Gasteiger partial charge is 0.462 e. The first-order chi connectivity index (χ1) is 38.0. The highest BCUT2D eigenvalue weighted by Gasteiger charge is 2.19. The van der Waals surface area contributed by atoms with Crippen LogP contribution in [-0.2, 0) is 28.6 Å². The summed E-state index contributed by atoms with van der Waals surface area (Å²) in [7, 11) is 0. The van der Waals surface area contributed by atoms with Gasteiger partial charge in [-0.2, -0.15) is 0 Å². The third-order valence-electron chi connectivity index (χ3n) is 15.3. The Bertz CT molecular complexity index is 1330. The van der Waals surface area contributed by atoms with E-state index in [0.29, 0.717) is 19.3 Å². The first-order valence-corrected chi connectivity index (χ1v) is 34.1. The molecule has 0 rings (SSSR count). The normalized spacial score (nSPS) is 12.3. The number of carbonyl (C=O) groups excluding carboxylic acids is 3. The van der Waals surface area contributed by atoms with Crippen LogP contribution >= 0.6 is 0 Å². The molecule has 0 spiro atoms. The Morgan fingerprint density at radius 2 is 0.468 bits per heavy atom. The molecule has 0 aromatic heterocycles. The summed E-state index contributed by atoms with van der Waals surface area (Å²) in [5.41, 5.74) is 0. The van der Waals surface area contributed by atoms with Crippen molar-refractivity contribution in [1.82, 2.24) is 0 Å². The van der Waals surface area contributed by atoms with Gasteiger partial charge in [0.1, 0.15) is 13.2 Å². The highest BCUT2D eigenvalue weighted by atomic mass is 16.6. The summed E-state index contributed by atoms with van der Waals surface area (Å²) in [6, 6.07) is 0. The predicted octanol–water partition coefficient (Wildman–Crippen LogP) is 23.3. The van der Waals surface area contributed by atoms with E-state index in [1.165, 1.54) is 257 Å². The minimum absolute atomic E-state index is 0.0702. The predicted molar refractivity (Wildman–Crippen MR) is 335 cm³/mol. The Hall–Kier alpha value is -2.63. The van der Waals surface area contributed by atoms with E-state index in [-0.39, 0.29) is 31.1 Å². The minimum atomic E-state index is -0.773. The Morgan fingerprint density at radius 1 is 0.260 bits per heavy atom. The molecule has 0 aromatic rings. The third kappa shape index (κ3) is 64.1. The van der Waals surface area contributed by atoms with Gasteiger partial charge >= 0.3 is 17.9 Å². The monoisotopic (exact) mass is 1080 g/mol. The standard InChI is InChI=1S/C71H130O6/c1-4-7-10-13-16-19-22-25-27-29-31-32-33-34-35-36-37-38-39-40-41-43-44-46-49-52-55-58-61-64-70(73)76-67-68(66-75-69(72)63-60-57-54-51-48-24-21-18-15-12-9-6-3)77-71(74)65-62-59-56-53-50-47-45-42-30-28-26-23-20-17-14-11-8-5-2/h22,25,28-31,33-34,68H,4-21,23-24,26-27,32,35-67H2,1-3H3/b25-22-,30-28-,31-29-,34-33-. The van der Waals surface area contributed by atoms with E-state index in [0.717, 1.165) is 70.6 Å². The lowest BCUT2D eigenvalue weighted by molar-refractivity contribution is -0.167. The van der Waals surface area contributed by atoms with Crippen molar-refractivity contribution in [3.05, 3.63) is 48.6 Å². The summed E-state index contributed by atoms with van der Waals surface area (Å²) >= 11 is 0. The second-order valence-corrected chi connectivity index (χ2v) is 23.1. The Kier molecular flexibility index (Phi) is 63.6. The fraction of sp³-hybridized carbons (Fsp3) is 0.845. The molecule has 0 radical (unpaired) electrons. The van der Waals surface area contributed by atoms with Crippen LogP contribution in [0.15, 0.2) is 48.6 Å². The zero-order chi connectivity index (χ0) is 55.7. The number of carbonyl (C=O) groups is 3. The van der Waals surface area contributed by atoms with Crippen LogP contribution in [0.25, 0.3) is 0 Å². The number of rotatable bonds is 63. The summed E-state index contributed by atoms with van der Waals surface area (Å²) in [6.45, 7) is 6.67. The van der Waals surface area contributed by atoms with Gasteiger partial charge in [-0.3, -0.25) is 14.4 Å². The first-order valence-electron chi connectivity index (χ1n) is 34.1. The molecule has 0 bridgehead atoms. The Morgan fingerprint density at radius 3 is 0.740 bits per heavy atom. The van der Waals surface area contributed by atoms with Gasteiger partial charge in [-0.25, -0.2) is 0 Å². The summed E-state index contributed by atoms with van der Waals surface area (Å²) in [5.74, 6) is -0.853. The van der Waals surface area contributed by atoms with Gasteiger partial charge in [0.05, 0.1) is 0 Å². The molecular formula is C71H130O6. The van der Waals surface area contributed by atoms with E-state index in [2.05, 4.69) is 69.4 Å². The lowest BCUT2D eigenvalue weighted by Gasteiger charge is -2.18. The third-order valence-corrected chi connectivity index (χ3v) is 15.3. The molecule has 450 valence electrons. The Labute approximate surface area is 479 Å². The van der Waals surface area contributed by atoms with Gasteiger partial charge in [0, 0.05) is 19.3 Å². The topological polar surface area (TPSA) is 78.9 Å². The van der Waals surface area contributed by atoms with E-state index in [4.69, 9.17) is 14.2 Å². The zero-order valence-corrected chi connectivity index (χ0v) is 51.7. The van der Waals surface area contributed by atoms with Crippen molar-refractivity contribution in [2.75, 3.05) is 13.2 Å². The Balaban J connectivity index is 4.20. The molecule has 0 aliphatic carbocycles. The molecule has 0 aliphatic heterocycles. The summed E-state index contributed by atoms with van der Waals surface area (Å²) in [5, 5.41) is 0. The van der Waals surface area contributed by atoms with Crippen molar-refractivity contribution < 1.29 is 28.6 Å². The van der Waals surface area contributed by atoms with Crippen LogP contribution in [0.1, 0.15) is 367 Å². The van der Waals surface area contributed by atoms with Gasteiger partial charge in [-0.15, -0.1) is 0 Å². The summed E-state index contributed by atoms with van der Waals surface area (Å²) in [4.78, 5) is 38.3. The van der Waals surface area contributed by atoms with Gasteiger partial charge in [-0.1, -0.05) is 313 Å². The molecule has 0 fully saturated rings. The van der Waals surface area contributed by atoms with E-state index in [1.807, 2.05) is 0 Å². The van der Waals surface area contributed by atoms with Crippen LogP contribution in [0.5, 0.6) is 0 Å². The van der Waals surface area contributed by atoms with E-state index >= 15 is 0 Å². The SMILES string of the molecule is CCCCCCC/C=C\C/C=C\C/C=C\CCCCCCCCCCCCCCCCC(=O)OCC(COC(=O)CCCCCCCCCCCCCC)OC(=O)CCCCCCCCC/C=C\CCCCCCCCC. The van der Waals surface area contributed by atoms with Crippen molar-refractivity contribution in [2.45, 2.75) is 374 Å². The first kappa shape index (κ1) is 74.4. The molecule has 77 heavy (non-hydrogen) atoms. The molecule has 0 saturated heterocycles. The van der Waals surface area contributed by atoms with Gasteiger partial charge < -0.3 is 14.2 Å². The van der Waals surface area contributed by atoms with Crippen molar-refractivity contribution in [1.29, 1.82) is 0 Å². The lowest BCUT2D eigenvalue weighted by atomic mass is 10.0. The maximum atomic E-state index is 12.9. The average Bonchev–Trinajstić information content (AvgIpc) is 3.43. The van der Waals surface area contributed by atoms with Crippen LogP contribution < -0.4 is 0 Å². The molecule has 0 aromatic carbocycles. The highest BCUT2D eigenvalue weighted by molar-refractivity contribution is 5.71.